The van der Waals surface area contributed by atoms with Gasteiger partial charge in [-0.2, -0.15) is 8.61 Å². The number of morpholine rings is 1. The Morgan fingerprint density at radius 2 is 0.863 bits per heavy atom. The van der Waals surface area contributed by atoms with Gasteiger partial charge in [0.2, 0.25) is 20.0 Å². The summed E-state index contributed by atoms with van der Waals surface area (Å²) in [5, 5.41) is 19.7. The van der Waals surface area contributed by atoms with Crippen LogP contribution in [0.25, 0.3) is 0 Å². The summed E-state index contributed by atoms with van der Waals surface area (Å²) in [5.41, 5.74) is 2.31. The number of hydrogen-bond acceptors (Lipinski definition) is 9. The Hall–Kier alpha value is -3.50. The van der Waals surface area contributed by atoms with Crippen LogP contribution in [0.1, 0.15) is 11.1 Å². The van der Waals surface area contributed by atoms with Gasteiger partial charge in [0.05, 0.1) is 36.2 Å². The molecule has 3 aliphatic heterocycles. The number of fused-ring (bicyclic) bond motifs is 2. The molecule has 11 nitrogen and oxygen atoms in total. The first-order valence-corrected chi connectivity index (χ1v) is 20.1. The van der Waals surface area contributed by atoms with Gasteiger partial charge in [-0.15, -0.1) is 0 Å². The molecule has 4 aromatic carbocycles. The highest BCUT2D eigenvalue weighted by atomic mass is 32.2. The average Bonchev–Trinajstić information content (AvgIpc) is 3.16. The van der Waals surface area contributed by atoms with Crippen molar-refractivity contribution < 1.29 is 31.8 Å². The summed E-state index contributed by atoms with van der Waals surface area (Å²) in [7, 11) is -7.11. The first kappa shape index (κ1) is 37.3. The number of aliphatic hydroxyl groups is 2. The summed E-state index contributed by atoms with van der Waals surface area (Å²) in [5.74, 6) is 0. The monoisotopic (exact) mass is 734 g/mol. The molecule has 3 aliphatic rings. The Balaban J connectivity index is 0.000000176. The van der Waals surface area contributed by atoms with Gasteiger partial charge in [0.1, 0.15) is 0 Å². The number of benzene rings is 4. The van der Waals surface area contributed by atoms with Gasteiger partial charge in [-0.1, -0.05) is 97.1 Å². The van der Waals surface area contributed by atoms with Gasteiger partial charge in [0, 0.05) is 63.4 Å². The smallest absolute Gasteiger partial charge is 0.243 e. The van der Waals surface area contributed by atoms with Crippen LogP contribution < -0.4 is 0 Å². The number of sulfonamides is 2. The fourth-order valence-corrected chi connectivity index (χ4v) is 10.1. The standard InChI is InChI=1S/C19H24N2O4S.C19H22N2O3S/c22-14-17-12-20(26(24,25)19-9-5-2-6-10-19)13-18(15-23)21(17)11-16-7-3-1-4-8-16;22-25(23,19-9-5-2-6-10-19)20-12-17-14-24-15-18(13-20)21(17)11-16-7-3-1-4-8-16/h1-10,17-18,22-23H,11-15H2;1-10,17-18H,11-15H2/t17-,18+;. The Kier molecular flexibility index (Phi) is 12.3. The molecule has 0 radical (unpaired) electrons. The maximum atomic E-state index is 12.9. The third-order valence-corrected chi connectivity index (χ3v) is 13.4. The molecule has 0 aromatic heterocycles. The molecule has 2 bridgehead atoms. The van der Waals surface area contributed by atoms with E-state index in [4.69, 9.17) is 4.74 Å². The van der Waals surface area contributed by atoms with Crippen molar-refractivity contribution in [2.75, 3.05) is 52.6 Å². The summed E-state index contributed by atoms with van der Waals surface area (Å²) in [6.45, 7) is 3.51. The number of nitrogens with zero attached hydrogens (tertiary/aromatic N) is 4. The molecule has 0 spiro atoms. The van der Waals surface area contributed by atoms with Gasteiger partial charge in [-0.3, -0.25) is 9.80 Å². The Morgan fingerprint density at radius 1 is 0.510 bits per heavy atom. The van der Waals surface area contributed by atoms with Crippen molar-refractivity contribution >= 4 is 20.0 Å². The van der Waals surface area contributed by atoms with Crippen molar-refractivity contribution in [2.45, 2.75) is 47.0 Å². The third-order valence-electron chi connectivity index (χ3n) is 9.75. The van der Waals surface area contributed by atoms with Crippen molar-refractivity contribution in [1.82, 2.24) is 18.4 Å². The fourth-order valence-electron chi connectivity index (χ4n) is 7.05. The third kappa shape index (κ3) is 8.76. The summed E-state index contributed by atoms with van der Waals surface area (Å²) in [4.78, 5) is 4.98. The van der Waals surface area contributed by atoms with E-state index < -0.39 is 20.0 Å². The number of piperazine rings is 2. The van der Waals surface area contributed by atoms with Crippen molar-refractivity contribution in [1.29, 1.82) is 0 Å². The van der Waals surface area contributed by atoms with E-state index in [1.807, 2.05) is 59.5 Å². The molecule has 3 fully saturated rings. The second kappa shape index (κ2) is 16.9. The summed E-state index contributed by atoms with van der Waals surface area (Å²) in [6.07, 6.45) is 0. The van der Waals surface area contributed by atoms with Crippen LogP contribution in [0.2, 0.25) is 0 Å². The second-order valence-electron chi connectivity index (χ2n) is 13.1. The summed E-state index contributed by atoms with van der Waals surface area (Å²) in [6, 6.07) is 36.5. The zero-order valence-corrected chi connectivity index (χ0v) is 30.1. The SMILES string of the molecule is O=S(=O)(c1ccccc1)N1CC2COCC(C1)N2Cc1ccccc1.O=S(=O)(c1ccccc1)N1C[C@@H](CO)N(Cc2ccccc2)[C@@H](CO)C1. The van der Waals surface area contributed by atoms with Crippen LogP contribution in [-0.2, 0) is 37.9 Å². The van der Waals surface area contributed by atoms with E-state index >= 15 is 0 Å². The van der Waals surface area contributed by atoms with Gasteiger partial charge in [-0.25, -0.2) is 16.8 Å². The maximum absolute atomic E-state index is 12.9. The molecule has 0 aliphatic carbocycles. The molecule has 4 aromatic rings. The van der Waals surface area contributed by atoms with Gasteiger partial charge < -0.3 is 14.9 Å². The van der Waals surface area contributed by atoms with E-state index in [1.54, 1.807) is 58.9 Å². The molecule has 3 saturated heterocycles. The molecule has 51 heavy (non-hydrogen) atoms. The minimum absolute atomic E-state index is 0.0891. The molecule has 3 heterocycles. The highest BCUT2D eigenvalue weighted by molar-refractivity contribution is 7.89. The van der Waals surface area contributed by atoms with E-state index in [-0.39, 0.29) is 55.4 Å². The van der Waals surface area contributed by atoms with Crippen LogP contribution in [-0.4, -0.2) is 122 Å². The van der Waals surface area contributed by atoms with Crippen LogP contribution in [0.5, 0.6) is 0 Å². The van der Waals surface area contributed by atoms with E-state index in [9.17, 15) is 27.0 Å². The normalized spacial score (nSPS) is 23.6. The van der Waals surface area contributed by atoms with Gasteiger partial charge in [-0.05, 0) is 35.4 Å². The lowest BCUT2D eigenvalue weighted by atomic mass is 10.0. The van der Waals surface area contributed by atoms with Gasteiger partial charge >= 0.3 is 0 Å². The van der Waals surface area contributed by atoms with Crippen LogP contribution in [0.15, 0.2) is 131 Å². The molecule has 2 unspecified atom stereocenters. The maximum Gasteiger partial charge on any atom is 0.243 e. The zero-order chi connectivity index (χ0) is 35.8. The lowest BCUT2D eigenvalue weighted by molar-refractivity contribution is -0.0858. The highest BCUT2D eigenvalue weighted by Gasteiger charge is 2.42. The molecule has 13 heteroatoms. The molecule has 0 amide bonds. The van der Waals surface area contributed by atoms with Gasteiger partial charge in [0.15, 0.2) is 0 Å². The van der Waals surface area contributed by atoms with Crippen molar-refractivity contribution in [3.8, 4) is 0 Å². The minimum atomic E-state index is -3.66. The lowest BCUT2D eigenvalue weighted by Crippen LogP contribution is -2.64. The van der Waals surface area contributed by atoms with E-state index in [0.29, 0.717) is 37.7 Å². The predicted molar refractivity (Wildman–Crippen MR) is 195 cm³/mol. The predicted octanol–water partition coefficient (Wildman–Crippen LogP) is 2.88. The van der Waals surface area contributed by atoms with Crippen LogP contribution in [0.3, 0.4) is 0 Å². The molecule has 272 valence electrons. The van der Waals surface area contributed by atoms with Crippen LogP contribution >= 0.6 is 0 Å². The fraction of sp³-hybridized carbons (Fsp3) is 0.368. The molecular weight excluding hydrogens is 689 g/mol. The molecule has 7 rings (SSSR count). The summed E-state index contributed by atoms with van der Waals surface area (Å²) >= 11 is 0. The van der Waals surface area contributed by atoms with Gasteiger partial charge in [0.25, 0.3) is 0 Å². The number of ether oxygens (including phenoxy) is 1. The topological polar surface area (TPSA) is 131 Å². The Bertz CT molecular complexity index is 1860. The van der Waals surface area contributed by atoms with Crippen molar-refractivity contribution in [2.24, 2.45) is 0 Å². The highest BCUT2D eigenvalue weighted by Crippen LogP contribution is 2.28. The van der Waals surface area contributed by atoms with Crippen molar-refractivity contribution in [3.05, 3.63) is 132 Å². The number of rotatable bonds is 10. The van der Waals surface area contributed by atoms with E-state index in [1.165, 1.54) is 9.87 Å². The second-order valence-corrected chi connectivity index (χ2v) is 17.0. The Morgan fingerprint density at radius 3 is 1.25 bits per heavy atom. The molecular formula is C38H46N4O7S2. The largest absolute Gasteiger partial charge is 0.395 e. The first-order chi connectivity index (χ1) is 24.7. The molecule has 2 N–H and O–H groups in total. The van der Waals surface area contributed by atoms with Crippen LogP contribution in [0, 0.1) is 0 Å². The lowest BCUT2D eigenvalue weighted by Gasteiger charge is -2.49. The first-order valence-electron chi connectivity index (χ1n) is 17.2. The summed E-state index contributed by atoms with van der Waals surface area (Å²) < 4.78 is 60.4. The number of aliphatic hydroxyl groups excluding tert-OH is 2. The van der Waals surface area contributed by atoms with E-state index in [2.05, 4.69) is 17.0 Å². The van der Waals surface area contributed by atoms with Crippen molar-refractivity contribution in [3.63, 3.8) is 0 Å². The zero-order valence-electron chi connectivity index (χ0n) is 28.5. The number of hydrogen-bond donors (Lipinski definition) is 2. The average molecular weight is 735 g/mol. The molecule has 0 saturated carbocycles. The minimum Gasteiger partial charge on any atom is -0.395 e. The van der Waals surface area contributed by atoms with E-state index in [0.717, 1.165) is 12.1 Å². The quantitative estimate of drug-likeness (QED) is 0.253. The van der Waals surface area contributed by atoms with Crippen LogP contribution in [0.4, 0.5) is 0 Å². The molecule has 4 atom stereocenters. The Labute approximate surface area is 301 Å².